The average molecular weight is 504 g/mol. The number of carboxylic acid groups (broad SMARTS) is 1. The van der Waals surface area contributed by atoms with Crippen LogP contribution in [0.1, 0.15) is 42.3 Å². The summed E-state index contributed by atoms with van der Waals surface area (Å²) in [7, 11) is 0. The predicted molar refractivity (Wildman–Crippen MR) is 128 cm³/mol. The summed E-state index contributed by atoms with van der Waals surface area (Å²) in [6.45, 7) is 2.26. The lowest BCUT2D eigenvalue weighted by Crippen LogP contribution is -2.15. The van der Waals surface area contributed by atoms with Crippen LogP contribution in [0, 0.1) is 0 Å². The van der Waals surface area contributed by atoms with Gasteiger partial charge in [0, 0.05) is 39.1 Å². The monoisotopic (exact) mass is 503 g/mol. The van der Waals surface area contributed by atoms with Crippen LogP contribution in [0.5, 0.6) is 0 Å². The van der Waals surface area contributed by atoms with E-state index in [0.717, 1.165) is 21.7 Å². The van der Waals surface area contributed by atoms with E-state index in [2.05, 4.69) is 4.98 Å². The van der Waals surface area contributed by atoms with Gasteiger partial charge in [-0.1, -0.05) is 26.0 Å². The van der Waals surface area contributed by atoms with E-state index in [4.69, 9.17) is 13.9 Å². The molecular formula is C26H24F3NO4S. The van der Waals surface area contributed by atoms with Crippen molar-refractivity contribution in [1.29, 1.82) is 0 Å². The Hall–Kier alpha value is -3.20. The first-order valence-electron chi connectivity index (χ1n) is 11.1. The molecule has 4 rings (SSSR count). The molecule has 9 heteroatoms. The fraction of sp³-hybridized carbons (Fsp3) is 0.308. The number of fused-ring (bicyclic) bond motifs is 1. The Bertz CT molecular complexity index is 1330. The summed E-state index contributed by atoms with van der Waals surface area (Å²) in [5.41, 5.74) is 2.24. The third-order valence-corrected chi connectivity index (χ3v) is 6.56. The predicted octanol–water partition coefficient (Wildman–Crippen LogP) is 7.23. The van der Waals surface area contributed by atoms with E-state index < -0.39 is 18.6 Å². The number of aryl methyl sites for hydroxylation is 1. The fourth-order valence-electron chi connectivity index (χ4n) is 3.77. The van der Waals surface area contributed by atoms with Crippen LogP contribution in [0.15, 0.2) is 62.5 Å². The van der Waals surface area contributed by atoms with E-state index >= 15 is 0 Å². The number of hydrogen-bond acceptors (Lipinski definition) is 5. The van der Waals surface area contributed by atoms with Crippen LogP contribution >= 0.6 is 11.8 Å². The number of aliphatic carboxylic acids is 1. The van der Waals surface area contributed by atoms with Crippen molar-refractivity contribution in [3.8, 4) is 11.5 Å². The van der Waals surface area contributed by atoms with E-state index in [9.17, 15) is 18.0 Å². The molecule has 0 aliphatic carbocycles. The SMILES string of the molecule is CC(C)c1nc(-c2ccc(C(F)(F)CF)cc2)oc1CCSc1ccc2c(CC(=O)O)coc2c1. The average Bonchev–Trinajstić information content (AvgIpc) is 3.43. The highest BCUT2D eigenvalue weighted by Crippen LogP contribution is 2.33. The van der Waals surface area contributed by atoms with Gasteiger partial charge in [0.25, 0.3) is 0 Å². The van der Waals surface area contributed by atoms with Crippen molar-refractivity contribution in [3.63, 3.8) is 0 Å². The number of thioether (sulfide) groups is 1. The molecule has 0 radical (unpaired) electrons. The Morgan fingerprint density at radius 3 is 2.57 bits per heavy atom. The Labute approximate surface area is 204 Å². The number of benzene rings is 2. The van der Waals surface area contributed by atoms with Gasteiger partial charge in [0.1, 0.15) is 11.3 Å². The summed E-state index contributed by atoms with van der Waals surface area (Å²) in [4.78, 5) is 16.5. The summed E-state index contributed by atoms with van der Waals surface area (Å²) >= 11 is 1.60. The number of hydrogen-bond donors (Lipinski definition) is 1. The topological polar surface area (TPSA) is 76.5 Å². The lowest BCUT2D eigenvalue weighted by Gasteiger charge is -2.12. The largest absolute Gasteiger partial charge is 0.481 e. The highest BCUT2D eigenvalue weighted by Gasteiger charge is 2.31. The number of rotatable bonds is 10. The number of aromatic nitrogens is 1. The molecule has 0 saturated heterocycles. The lowest BCUT2D eigenvalue weighted by molar-refractivity contribution is -0.136. The van der Waals surface area contributed by atoms with Crippen LogP contribution < -0.4 is 0 Å². The fourth-order valence-corrected chi connectivity index (χ4v) is 4.64. The Morgan fingerprint density at radius 1 is 1.17 bits per heavy atom. The van der Waals surface area contributed by atoms with E-state index in [1.807, 2.05) is 32.0 Å². The highest BCUT2D eigenvalue weighted by molar-refractivity contribution is 7.99. The van der Waals surface area contributed by atoms with Crippen molar-refractivity contribution in [2.75, 3.05) is 12.4 Å². The van der Waals surface area contributed by atoms with Crippen molar-refractivity contribution < 1.29 is 31.9 Å². The van der Waals surface area contributed by atoms with Gasteiger partial charge in [-0.15, -0.1) is 11.8 Å². The maximum absolute atomic E-state index is 13.6. The van der Waals surface area contributed by atoms with E-state index in [0.29, 0.717) is 34.8 Å². The van der Waals surface area contributed by atoms with Crippen molar-refractivity contribution in [2.24, 2.45) is 0 Å². The molecule has 35 heavy (non-hydrogen) atoms. The molecule has 0 amide bonds. The van der Waals surface area contributed by atoms with Crippen LogP contribution in [-0.2, 0) is 23.6 Å². The van der Waals surface area contributed by atoms with Gasteiger partial charge in [-0.3, -0.25) is 4.79 Å². The number of alkyl halides is 3. The highest BCUT2D eigenvalue weighted by atomic mass is 32.2. The number of carbonyl (C=O) groups is 1. The Morgan fingerprint density at radius 2 is 1.91 bits per heavy atom. The third kappa shape index (κ3) is 5.56. The van der Waals surface area contributed by atoms with Crippen LogP contribution in [-0.4, -0.2) is 28.5 Å². The molecule has 1 N–H and O–H groups in total. The summed E-state index contributed by atoms with van der Waals surface area (Å²) in [6.07, 6.45) is 1.99. The second-order valence-electron chi connectivity index (χ2n) is 8.49. The van der Waals surface area contributed by atoms with Gasteiger partial charge in [-0.05, 0) is 36.2 Å². The van der Waals surface area contributed by atoms with Gasteiger partial charge in [-0.25, -0.2) is 9.37 Å². The zero-order chi connectivity index (χ0) is 25.2. The molecule has 184 valence electrons. The van der Waals surface area contributed by atoms with Gasteiger partial charge in [-0.2, -0.15) is 8.78 Å². The minimum absolute atomic E-state index is 0.0910. The molecule has 0 bridgehead atoms. The molecule has 0 atom stereocenters. The molecule has 0 unspecified atom stereocenters. The number of halogens is 3. The quantitative estimate of drug-likeness (QED) is 0.230. The molecule has 4 aromatic rings. The van der Waals surface area contributed by atoms with Crippen LogP contribution in [0.2, 0.25) is 0 Å². The molecule has 2 aromatic heterocycles. The molecule has 0 spiro atoms. The maximum atomic E-state index is 13.6. The molecule has 2 heterocycles. The minimum atomic E-state index is -3.52. The summed E-state index contributed by atoms with van der Waals surface area (Å²) in [5.74, 6) is -2.56. The van der Waals surface area contributed by atoms with Crippen molar-refractivity contribution in [2.45, 2.75) is 43.4 Å². The number of furan rings is 1. The van der Waals surface area contributed by atoms with Gasteiger partial charge in [0.2, 0.25) is 5.89 Å². The van der Waals surface area contributed by atoms with Gasteiger partial charge in [0.05, 0.1) is 18.4 Å². The van der Waals surface area contributed by atoms with E-state index in [1.165, 1.54) is 30.5 Å². The number of carboxylic acids is 1. The van der Waals surface area contributed by atoms with Gasteiger partial charge >= 0.3 is 11.9 Å². The molecule has 0 aliphatic heterocycles. The standard InChI is InChI=1S/C26H24F3NO4S/c1-15(2)24-21(34-25(30-24)16-3-5-18(6-4-16)26(28,29)14-27)9-10-35-19-7-8-20-17(11-23(31)32)13-33-22(20)12-19/h3-8,12-13,15H,9-11,14H2,1-2H3,(H,31,32). The molecule has 0 saturated carbocycles. The molecule has 0 aliphatic rings. The summed E-state index contributed by atoms with van der Waals surface area (Å²) in [6, 6.07) is 11.0. The van der Waals surface area contributed by atoms with E-state index in [-0.39, 0.29) is 17.9 Å². The molecule has 5 nitrogen and oxygen atoms in total. The van der Waals surface area contributed by atoms with Crippen molar-refractivity contribution in [3.05, 3.63) is 71.3 Å². The number of oxazole rings is 1. The normalized spacial score (nSPS) is 12.1. The maximum Gasteiger partial charge on any atom is 0.307 e. The summed E-state index contributed by atoms with van der Waals surface area (Å²) < 4.78 is 51.2. The first kappa shape index (κ1) is 24.9. The molecular weight excluding hydrogens is 479 g/mol. The van der Waals surface area contributed by atoms with Crippen LogP contribution in [0.25, 0.3) is 22.4 Å². The van der Waals surface area contributed by atoms with E-state index in [1.54, 1.807) is 11.8 Å². The first-order valence-corrected chi connectivity index (χ1v) is 12.1. The van der Waals surface area contributed by atoms with Crippen molar-refractivity contribution in [1.82, 2.24) is 4.98 Å². The minimum Gasteiger partial charge on any atom is -0.481 e. The van der Waals surface area contributed by atoms with Crippen molar-refractivity contribution >= 4 is 28.7 Å². The second kappa shape index (κ2) is 10.2. The number of nitrogens with zero attached hydrogens (tertiary/aromatic N) is 1. The zero-order valence-electron chi connectivity index (χ0n) is 19.2. The lowest BCUT2D eigenvalue weighted by atomic mass is 10.1. The molecule has 0 fully saturated rings. The second-order valence-corrected chi connectivity index (χ2v) is 9.65. The first-order chi connectivity index (χ1) is 16.7. The van der Waals surface area contributed by atoms with Crippen LogP contribution in [0.3, 0.4) is 0 Å². The Kier molecular flexibility index (Phi) is 7.25. The Balaban J connectivity index is 1.46. The van der Waals surface area contributed by atoms with Gasteiger partial charge < -0.3 is 13.9 Å². The summed E-state index contributed by atoms with van der Waals surface area (Å²) in [5, 5.41) is 9.80. The van der Waals surface area contributed by atoms with Gasteiger partial charge in [0.15, 0.2) is 6.67 Å². The third-order valence-electron chi connectivity index (χ3n) is 5.56. The zero-order valence-corrected chi connectivity index (χ0v) is 20.0. The smallest absolute Gasteiger partial charge is 0.307 e. The molecule has 2 aromatic carbocycles. The van der Waals surface area contributed by atoms with Crippen LogP contribution in [0.4, 0.5) is 13.2 Å².